The number of aryl methyl sites for hydroxylation is 2. The molecule has 1 saturated carbocycles. The molecule has 4 nitrogen and oxygen atoms in total. The molecule has 2 aliphatic rings. The predicted octanol–water partition coefficient (Wildman–Crippen LogP) is 2.07. The molecule has 1 aromatic heterocycles. The molecular formula is C14H24N4. The van der Waals surface area contributed by atoms with Crippen LogP contribution >= 0.6 is 0 Å². The fraction of sp³-hybridized carbons (Fsp3) is 0.786. The molecule has 1 N–H and O–H groups in total. The molecule has 2 atom stereocenters. The Hall–Kier alpha value is -1.03. The minimum Gasteiger partial charge on any atom is -0.378 e. The van der Waals surface area contributed by atoms with Gasteiger partial charge >= 0.3 is 0 Å². The van der Waals surface area contributed by atoms with Gasteiger partial charge in [0, 0.05) is 31.7 Å². The Labute approximate surface area is 109 Å². The first-order chi connectivity index (χ1) is 8.56. The van der Waals surface area contributed by atoms with Gasteiger partial charge in [-0.25, -0.2) is 0 Å². The number of rotatable bonds is 3. The van der Waals surface area contributed by atoms with E-state index in [0.29, 0.717) is 6.04 Å². The van der Waals surface area contributed by atoms with Gasteiger partial charge in [0.1, 0.15) is 0 Å². The van der Waals surface area contributed by atoms with Gasteiger partial charge in [-0.05, 0) is 40.0 Å². The molecule has 0 aromatic carbocycles. The van der Waals surface area contributed by atoms with Crippen LogP contribution in [0.1, 0.15) is 37.6 Å². The van der Waals surface area contributed by atoms with Crippen LogP contribution in [0.5, 0.6) is 0 Å². The fourth-order valence-electron chi connectivity index (χ4n) is 3.26. The number of hydrogen-bond acceptors (Lipinski definition) is 3. The average molecular weight is 248 g/mol. The van der Waals surface area contributed by atoms with Crippen LogP contribution in [0.3, 0.4) is 0 Å². The highest BCUT2D eigenvalue weighted by Crippen LogP contribution is 2.34. The van der Waals surface area contributed by atoms with E-state index in [9.17, 15) is 0 Å². The van der Waals surface area contributed by atoms with Gasteiger partial charge in [0.25, 0.3) is 0 Å². The molecule has 2 unspecified atom stereocenters. The summed E-state index contributed by atoms with van der Waals surface area (Å²) in [6.07, 6.45) is 4.06. The highest BCUT2D eigenvalue weighted by molar-refractivity contribution is 5.53. The fourth-order valence-corrected chi connectivity index (χ4v) is 3.26. The summed E-state index contributed by atoms with van der Waals surface area (Å²) in [7, 11) is 2.02. The van der Waals surface area contributed by atoms with Crippen molar-refractivity contribution in [2.75, 3.05) is 11.9 Å². The van der Waals surface area contributed by atoms with Crippen LogP contribution in [0, 0.1) is 13.8 Å². The first kappa shape index (κ1) is 12.0. The van der Waals surface area contributed by atoms with E-state index < -0.39 is 0 Å². The zero-order chi connectivity index (χ0) is 12.9. The zero-order valence-electron chi connectivity index (χ0n) is 11.9. The minimum atomic E-state index is 0.585. The number of likely N-dealkylation sites (tertiary alicyclic amines) is 1. The van der Waals surface area contributed by atoms with Crippen molar-refractivity contribution < 1.29 is 0 Å². The van der Waals surface area contributed by atoms with Gasteiger partial charge in [0.2, 0.25) is 0 Å². The average Bonchev–Trinajstić information content (AvgIpc) is 3.05. The summed E-state index contributed by atoms with van der Waals surface area (Å²) < 4.78 is 1.97. The molecule has 2 fully saturated rings. The van der Waals surface area contributed by atoms with Crippen molar-refractivity contribution in [2.24, 2.45) is 7.05 Å². The molecule has 0 bridgehead atoms. The van der Waals surface area contributed by atoms with E-state index in [1.165, 1.54) is 37.2 Å². The third kappa shape index (κ3) is 2.03. The SMILES string of the molecule is Cc1nn(C)c(C)c1NC1CC(C)N(C2CC2)C1. The van der Waals surface area contributed by atoms with Crippen LogP contribution in [-0.4, -0.2) is 39.4 Å². The van der Waals surface area contributed by atoms with E-state index in [2.05, 4.69) is 36.1 Å². The Morgan fingerprint density at radius 1 is 1.28 bits per heavy atom. The van der Waals surface area contributed by atoms with Crippen molar-refractivity contribution in [1.82, 2.24) is 14.7 Å². The number of hydrogen-bond donors (Lipinski definition) is 1. The van der Waals surface area contributed by atoms with E-state index in [1.807, 2.05) is 11.7 Å². The standard InChI is InChI=1S/C14H24N4/c1-9-7-12(8-18(9)13-5-6-13)15-14-10(2)16-17(4)11(14)3/h9,12-13,15H,5-8H2,1-4H3. The van der Waals surface area contributed by atoms with Crippen LogP contribution in [0.25, 0.3) is 0 Å². The largest absolute Gasteiger partial charge is 0.378 e. The quantitative estimate of drug-likeness (QED) is 0.889. The van der Waals surface area contributed by atoms with Crippen molar-refractivity contribution in [3.05, 3.63) is 11.4 Å². The number of aromatic nitrogens is 2. The zero-order valence-corrected chi connectivity index (χ0v) is 11.9. The Morgan fingerprint density at radius 2 is 2.00 bits per heavy atom. The van der Waals surface area contributed by atoms with E-state index in [0.717, 1.165) is 17.8 Å². The first-order valence-electron chi connectivity index (χ1n) is 7.08. The van der Waals surface area contributed by atoms with Crippen LogP contribution in [0.15, 0.2) is 0 Å². The third-order valence-electron chi connectivity index (χ3n) is 4.50. The van der Waals surface area contributed by atoms with Crippen molar-refractivity contribution >= 4 is 5.69 Å². The topological polar surface area (TPSA) is 33.1 Å². The van der Waals surface area contributed by atoms with Crippen molar-refractivity contribution in [1.29, 1.82) is 0 Å². The molecule has 1 aromatic rings. The molecule has 1 saturated heterocycles. The third-order valence-corrected chi connectivity index (χ3v) is 4.50. The molecule has 0 radical (unpaired) electrons. The maximum atomic E-state index is 4.48. The van der Waals surface area contributed by atoms with E-state index in [4.69, 9.17) is 0 Å². The monoisotopic (exact) mass is 248 g/mol. The van der Waals surface area contributed by atoms with Gasteiger partial charge in [0.15, 0.2) is 0 Å². The molecular weight excluding hydrogens is 224 g/mol. The first-order valence-corrected chi connectivity index (χ1v) is 7.08. The summed E-state index contributed by atoms with van der Waals surface area (Å²) in [6, 6.07) is 2.19. The Morgan fingerprint density at radius 3 is 2.56 bits per heavy atom. The van der Waals surface area contributed by atoms with Gasteiger partial charge in [-0.2, -0.15) is 5.10 Å². The maximum Gasteiger partial charge on any atom is 0.0827 e. The molecule has 2 heterocycles. The van der Waals surface area contributed by atoms with Crippen LogP contribution in [0.2, 0.25) is 0 Å². The van der Waals surface area contributed by atoms with Gasteiger partial charge in [0.05, 0.1) is 17.1 Å². The van der Waals surface area contributed by atoms with Crippen LogP contribution < -0.4 is 5.32 Å². The lowest BCUT2D eigenvalue weighted by atomic mass is 10.2. The van der Waals surface area contributed by atoms with Crippen LogP contribution in [-0.2, 0) is 7.05 Å². The predicted molar refractivity (Wildman–Crippen MR) is 73.9 cm³/mol. The number of nitrogens with zero attached hydrogens (tertiary/aromatic N) is 3. The molecule has 18 heavy (non-hydrogen) atoms. The lowest BCUT2D eigenvalue weighted by molar-refractivity contribution is 0.257. The van der Waals surface area contributed by atoms with E-state index in [-0.39, 0.29) is 0 Å². The normalized spacial score (nSPS) is 28.9. The summed E-state index contributed by atoms with van der Waals surface area (Å²) in [5.74, 6) is 0. The van der Waals surface area contributed by atoms with Gasteiger partial charge in [-0.3, -0.25) is 9.58 Å². The number of nitrogens with one attached hydrogen (secondary N) is 1. The Bertz CT molecular complexity index is 447. The summed E-state index contributed by atoms with van der Waals surface area (Å²) in [5.41, 5.74) is 3.60. The van der Waals surface area contributed by atoms with Crippen molar-refractivity contribution in [3.8, 4) is 0 Å². The van der Waals surface area contributed by atoms with Crippen molar-refractivity contribution in [2.45, 2.75) is 58.2 Å². The second-order valence-electron chi connectivity index (χ2n) is 6.02. The minimum absolute atomic E-state index is 0.585. The molecule has 0 amide bonds. The summed E-state index contributed by atoms with van der Waals surface area (Å²) in [5, 5.41) is 8.20. The lowest BCUT2D eigenvalue weighted by Crippen LogP contribution is -2.31. The summed E-state index contributed by atoms with van der Waals surface area (Å²) in [6.45, 7) is 7.79. The number of anilines is 1. The van der Waals surface area contributed by atoms with Crippen LogP contribution in [0.4, 0.5) is 5.69 Å². The van der Waals surface area contributed by atoms with E-state index >= 15 is 0 Å². The van der Waals surface area contributed by atoms with Gasteiger partial charge in [-0.15, -0.1) is 0 Å². The van der Waals surface area contributed by atoms with Gasteiger partial charge in [-0.1, -0.05) is 0 Å². The Kier molecular flexibility index (Phi) is 2.85. The molecule has 4 heteroatoms. The molecule has 3 rings (SSSR count). The summed E-state index contributed by atoms with van der Waals surface area (Å²) >= 11 is 0. The van der Waals surface area contributed by atoms with Gasteiger partial charge < -0.3 is 5.32 Å². The second kappa shape index (κ2) is 4.26. The maximum absolute atomic E-state index is 4.48. The highest BCUT2D eigenvalue weighted by Gasteiger charge is 2.38. The highest BCUT2D eigenvalue weighted by atomic mass is 15.3. The second-order valence-corrected chi connectivity index (χ2v) is 6.02. The molecule has 1 aliphatic heterocycles. The molecule has 1 aliphatic carbocycles. The summed E-state index contributed by atoms with van der Waals surface area (Å²) in [4.78, 5) is 2.68. The Balaban J connectivity index is 1.70. The van der Waals surface area contributed by atoms with E-state index in [1.54, 1.807) is 0 Å². The lowest BCUT2D eigenvalue weighted by Gasteiger charge is -2.20. The smallest absolute Gasteiger partial charge is 0.0827 e. The van der Waals surface area contributed by atoms with Crippen molar-refractivity contribution in [3.63, 3.8) is 0 Å². The molecule has 0 spiro atoms. The molecule has 100 valence electrons.